The number of alkyl halides is 2. The third kappa shape index (κ3) is 3.63. The quantitative estimate of drug-likeness (QED) is 0.910. The van der Waals surface area contributed by atoms with Gasteiger partial charge in [0, 0.05) is 18.8 Å². The second-order valence-corrected chi connectivity index (χ2v) is 7.57. The van der Waals surface area contributed by atoms with Crippen LogP contribution >= 0.6 is 0 Å². The lowest BCUT2D eigenvalue weighted by atomic mass is 9.82. The molecule has 2 aliphatic rings. The standard InChI is InChI=1S/C15H17F2NO4S/c16-15(17)8-6-14(7-9-15)10-12(14)13(19)18-23(20,21)22-11-4-2-1-3-5-11/h1-5,12H,6-10H2,(H,18,19). The van der Waals surface area contributed by atoms with Crippen molar-refractivity contribution in [3.63, 3.8) is 0 Å². The van der Waals surface area contributed by atoms with Crippen LogP contribution in [0.15, 0.2) is 30.3 Å². The molecule has 126 valence electrons. The van der Waals surface area contributed by atoms with Gasteiger partial charge in [-0.3, -0.25) is 4.79 Å². The Bertz CT molecular complexity index is 695. The fourth-order valence-corrected chi connectivity index (χ4v) is 4.00. The second kappa shape index (κ2) is 5.43. The van der Waals surface area contributed by atoms with E-state index in [0.717, 1.165) is 0 Å². The summed E-state index contributed by atoms with van der Waals surface area (Å²) in [6.07, 6.45) is 0.458. The summed E-state index contributed by atoms with van der Waals surface area (Å²) in [4.78, 5) is 12.1. The summed E-state index contributed by atoms with van der Waals surface area (Å²) in [5.41, 5.74) is -0.464. The summed E-state index contributed by atoms with van der Waals surface area (Å²) in [5.74, 6) is -3.79. The lowest BCUT2D eigenvalue weighted by Crippen LogP contribution is -2.37. The van der Waals surface area contributed by atoms with Gasteiger partial charge in [-0.15, -0.1) is 0 Å². The Morgan fingerprint density at radius 1 is 1.13 bits per heavy atom. The van der Waals surface area contributed by atoms with E-state index in [2.05, 4.69) is 0 Å². The molecule has 1 aromatic carbocycles. The van der Waals surface area contributed by atoms with E-state index in [-0.39, 0.29) is 31.4 Å². The van der Waals surface area contributed by atoms with Gasteiger partial charge in [0.25, 0.3) is 0 Å². The monoisotopic (exact) mass is 345 g/mol. The van der Waals surface area contributed by atoms with E-state index in [4.69, 9.17) is 4.18 Å². The highest BCUT2D eigenvalue weighted by molar-refractivity contribution is 7.85. The Hall–Kier alpha value is -1.70. The summed E-state index contributed by atoms with van der Waals surface area (Å²) in [6, 6.07) is 7.80. The zero-order valence-corrected chi connectivity index (χ0v) is 13.1. The van der Waals surface area contributed by atoms with Crippen LogP contribution in [0.1, 0.15) is 32.1 Å². The second-order valence-electron chi connectivity index (χ2n) is 6.29. The Kier molecular flexibility index (Phi) is 3.82. The van der Waals surface area contributed by atoms with Crippen LogP contribution in [0.25, 0.3) is 0 Å². The van der Waals surface area contributed by atoms with E-state index < -0.39 is 33.5 Å². The number of para-hydroxylation sites is 1. The number of benzene rings is 1. The molecule has 1 unspecified atom stereocenters. The van der Waals surface area contributed by atoms with Crippen LogP contribution in [0.3, 0.4) is 0 Å². The highest BCUT2D eigenvalue weighted by atomic mass is 32.2. The predicted octanol–water partition coefficient (Wildman–Crippen LogP) is 2.64. The molecule has 23 heavy (non-hydrogen) atoms. The summed E-state index contributed by atoms with van der Waals surface area (Å²) in [6.45, 7) is 0. The van der Waals surface area contributed by atoms with Crippen LogP contribution in [0, 0.1) is 11.3 Å². The van der Waals surface area contributed by atoms with Gasteiger partial charge in [-0.2, -0.15) is 8.42 Å². The Balaban J connectivity index is 1.58. The molecule has 2 fully saturated rings. The SMILES string of the molecule is O=C(NS(=O)(=O)Oc1ccccc1)C1CC12CCC(F)(F)CC2. The molecule has 1 spiro atoms. The number of amides is 1. The van der Waals surface area contributed by atoms with Gasteiger partial charge in [-0.05, 0) is 36.8 Å². The number of halogens is 2. The fourth-order valence-electron chi connectivity index (χ4n) is 3.20. The third-order valence-corrected chi connectivity index (χ3v) is 5.52. The molecule has 3 rings (SSSR count). The van der Waals surface area contributed by atoms with Crippen LogP contribution in [-0.4, -0.2) is 20.2 Å². The maximum Gasteiger partial charge on any atom is 0.409 e. The lowest BCUT2D eigenvalue weighted by molar-refractivity contribution is -0.122. The minimum atomic E-state index is -4.26. The van der Waals surface area contributed by atoms with Gasteiger partial charge in [0.2, 0.25) is 11.8 Å². The van der Waals surface area contributed by atoms with Crippen molar-refractivity contribution in [3.8, 4) is 5.75 Å². The molecule has 2 aliphatic carbocycles. The van der Waals surface area contributed by atoms with Crippen LogP contribution in [0.4, 0.5) is 8.78 Å². The van der Waals surface area contributed by atoms with E-state index in [1.807, 2.05) is 4.72 Å². The van der Waals surface area contributed by atoms with E-state index in [1.54, 1.807) is 18.2 Å². The number of carbonyl (C=O) groups is 1. The number of carbonyl (C=O) groups excluding carboxylic acids is 1. The molecule has 0 saturated heterocycles. The van der Waals surface area contributed by atoms with Crippen molar-refractivity contribution in [2.45, 2.75) is 38.0 Å². The number of hydrogen-bond donors (Lipinski definition) is 1. The topological polar surface area (TPSA) is 72.5 Å². The molecule has 1 aromatic rings. The first-order valence-corrected chi connectivity index (χ1v) is 8.81. The molecule has 0 aromatic heterocycles. The van der Waals surface area contributed by atoms with Crippen LogP contribution in [0.2, 0.25) is 0 Å². The van der Waals surface area contributed by atoms with Gasteiger partial charge in [0.05, 0.1) is 0 Å². The minimum Gasteiger partial charge on any atom is -0.367 e. The van der Waals surface area contributed by atoms with Crippen molar-refractivity contribution < 1.29 is 26.2 Å². The van der Waals surface area contributed by atoms with Gasteiger partial charge in [0.15, 0.2) is 0 Å². The highest BCUT2D eigenvalue weighted by Gasteiger charge is 2.61. The van der Waals surface area contributed by atoms with E-state index in [1.165, 1.54) is 12.1 Å². The first kappa shape index (κ1) is 16.2. The van der Waals surface area contributed by atoms with Crippen molar-refractivity contribution in [2.24, 2.45) is 11.3 Å². The molecule has 1 atom stereocenters. The normalized spacial score (nSPS) is 24.9. The van der Waals surface area contributed by atoms with Gasteiger partial charge in [-0.25, -0.2) is 13.5 Å². The largest absolute Gasteiger partial charge is 0.409 e. The molecule has 2 saturated carbocycles. The Morgan fingerprint density at radius 2 is 1.74 bits per heavy atom. The van der Waals surface area contributed by atoms with Crippen LogP contribution in [-0.2, 0) is 15.1 Å². The van der Waals surface area contributed by atoms with Gasteiger partial charge >= 0.3 is 10.3 Å². The average molecular weight is 345 g/mol. The minimum absolute atomic E-state index is 0.0932. The van der Waals surface area contributed by atoms with E-state index in [9.17, 15) is 22.0 Å². The maximum atomic E-state index is 13.2. The maximum absolute atomic E-state index is 13.2. The first-order chi connectivity index (χ1) is 10.7. The molecule has 0 radical (unpaired) electrons. The predicted molar refractivity (Wildman–Crippen MR) is 78.1 cm³/mol. The van der Waals surface area contributed by atoms with Crippen molar-refractivity contribution in [2.75, 3.05) is 0 Å². The Labute approximate surface area is 133 Å². The number of nitrogens with one attached hydrogen (secondary N) is 1. The zero-order chi connectivity index (χ0) is 16.7. The number of rotatable bonds is 4. The van der Waals surface area contributed by atoms with Gasteiger partial charge in [0.1, 0.15) is 5.75 Å². The summed E-state index contributed by atoms with van der Waals surface area (Å²) >= 11 is 0. The summed E-state index contributed by atoms with van der Waals surface area (Å²) < 4.78 is 56.7. The summed E-state index contributed by atoms with van der Waals surface area (Å²) in [7, 11) is -4.26. The van der Waals surface area contributed by atoms with Crippen LogP contribution in [0.5, 0.6) is 5.75 Å². The Morgan fingerprint density at radius 3 is 2.35 bits per heavy atom. The van der Waals surface area contributed by atoms with Crippen molar-refractivity contribution in [3.05, 3.63) is 30.3 Å². The molecule has 0 aliphatic heterocycles. The van der Waals surface area contributed by atoms with Crippen LogP contribution < -0.4 is 8.91 Å². The molecule has 8 heteroatoms. The highest BCUT2D eigenvalue weighted by Crippen LogP contribution is 2.63. The molecular formula is C15H17F2NO4S. The first-order valence-electron chi connectivity index (χ1n) is 7.40. The van der Waals surface area contributed by atoms with Crippen molar-refractivity contribution in [1.29, 1.82) is 0 Å². The zero-order valence-electron chi connectivity index (χ0n) is 12.3. The fraction of sp³-hybridized carbons (Fsp3) is 0.533. The van der Waals surface area contributed by atoms with Crippen molar-refractivity contribution in [1.82, 2.24) is 4.72 Å². The molecule has 0 bridgehead atoms. The molecule has 0 heterocycles. The van der Waals surface area contributed by atoms with E-state index >= 15 is 0 Å². The average Bonchev–Trinajstić information content (AvgIpc) is 3.18. The van der Waals surface area contributed by atoms with Crippen molar-refractivity contribution >= 4 is 16.2 Å². The molecule has 1 N–H and O–H groups in total. The van der Waals surface area contributed by atoms with E-state index in [0.29, 0.717) is 6.42 Å². The smallest absolute Gasteiger partial charge is 0.367 e. The summed E-state index contributed by atoms with van der Waals surface area (Å²) in [5, 5.41) is 0. The third-order valence-electron chi connectivity index (χ3n) is 4.66. The lowest BCUT2D eigenvalue weighted by Gasteiger charge is -2.28. The molecule has 1 amide bonds. The number of hydrogen-bond acceptors (Lipinski definition) is 4. The van der Waals surface area contributed by atoms with Gasteiger partial charge < -0.3 is 4.18 Å². The molecule has 5 nitrogen and oxygen atoms in total. The molecular weight excluding hydrogens is 328 g/mol. The van der Waals surface area contributed by atoms with Gasteiger partial charge in [-0.1, -0.05) is 18.2 Å².